The van der Waals surface area contributed by atoms with E-state index in [1.807, 2.05) is 7.05 Å². The molecule has 0 unspecified atom stereocenters. The first kappa shape index (κ1) is 14.7. The van der Waals surface area contributed by atoms with Gasteiger partial charge in [-0.05, 0) is 38.2 Å². The Kier molecular flexibility index (Phi) is 5.69. The maximum absolute atomic E-state index is 11.9. The van der Waals surface area contributed by atoms with Gasteiger partial charge >= 0.3 is 0 Å². The first-order valence-corrected chi connectivity index (χ1v) is 7.30. The molecule has 4 nitrogen and oxygen atoms in total. The van der Waals surface area contributed by atoms with Gasteiger partial charge in [-0.15, -0.1) is 0 Å². The molecule has 0 amide bonds. The van der Waals surface area contributed by atoms with Crippen LogP contribution in [0.4, 0.5) is 0 Å². The van der Waals surface area contributed by atoms with Crippen LogP contribution in [0.5, 0.6) is 0 Å². The average molecular weight is 297 g/mol. The van der Waals surface area contributed by atoms with Crippen molar-refractivity contribution in [3.8, 4) is 0 Å². The third-order valence-electron chi connectivity index (χ3n) is 2.08. The van der Waals surface area contributed by atoms with E-state index >= 15 is 0 Å². The van der Waals surface area contributed by atoms with E-state index in [0.29, 0.717) is 18.0 Å². The molecule has 0 heterocycles. The Morgan fingerprint density at radius 1 is 1.24 bits per heavy atom. The largest absolute Gasteiger partial charge is 0.320 e. The smallest absolute Gasteiger partial charge is 0.242 e. The highest BCUT2D eigenvalue weighted by Gasteiger charge is 2.17. The summed E-state index contributed by atoms with van der Waals surface area (Å²) in [6.45, 7) is 1.10. The summed E-state index contributed by atoms with van der Waals surface area (Å²) in [7, 11) is -1.78. The number of rotatable bonds is 6. The number of halogens is 2. The van der Waals surface area contributed by atoms with Gasteiger partial charge in [0.25, 0.3) is 0 Å². The summed E-state index contributed by atoms with van der Waals surface area (Å²) in [5.74, 6) is 0. The topological polar surface area (TPSA) is 58.2 Å². The standard InChI is InChI=1S/C10H14Cl2N2O2S/c1-13-5-2-6-14-17(15,16)10-7-8(11)3-4-9(10)12/h3-4,7,13-14H,2,5-6H2,1H3. The molecule has 0 bridgehead atoms. The molecule has 0 spiro atoms. The molecule has 0 aliphatic rings. The van der Waals surface area contributed by atoms with Crippen LogP contribution in [0.1, 0.15) is 6.42 Å². The maximum Gasteiger partial charge on any atom is 0.242 e. The van der Waals surface area contributed by atoms with Crippen LogP contribution >= 0.6 is 23.2 Å². The van der Waals surface area contributed by atoms with Crippen molar-refractivity contribution in [3.63, 3.8) is 0 Å². The molecule has 2 N–H and O–H groups in total. The summed E-state index contributed by atoms with van der Waals surface area (Å²) in [6.07, 6.45) is 0.702. The minimum Gasteiger partial charge on any atom is -0.320 e. The van der Waals surface area contributed by atoms with Gasteiger partial charge in [-0.1, -0.05) is 23.2 Å². The molecule has 0 aliphatic carbocycles. The van der Waals surface area contributed by atoms with Crippen LogP contribution in [-0.4, -0.2) is 28.6 Å². The second-order valence-electron chi connectivity index (χ2n) is 3.43. The Bertz CT molecular complexity index is 477. The third kappa shape index (κ3) is 4.44. The van der Waals surface area contributed by atoms with Crippen LogP contribution in [0.15, 0.2) is 23.1 Å². The summed E-state index contributed by atoms with van der Waals surface area (Å²) in [5.41, 5.74) is 0. The Morgan fingerprint density at radius 2 is 1.94 bits per heavy atom. The van der Waals surface area contributed by atoms with E-state index in [-0.39, 0.29) is 9.92 Å². The van der Waals surface area contributed by atoms with Gasteiger partial charge < -0.3 is 5.32 Å². The normalized spacial score (nSPS) is 11.7. The molecule has 1 rings (SSSR count). The molecule has 0 aromatic heterocycles. The van der Waals surface area contributed by atoms with Crippen molar-refractivity contribution >= 4 is 33.2 Å². The van der Waals surface area contributed by atoms with E-state index < -0.39 is 10.0 Å². The Labute approximate surface area is 111 Å². The van der Waals surface area contributed by atoms with Gasteiger partial charge in [0.05, 0.1) is 5.02 Å². The molecular weight excluding hydrogens is 283 g/mol. The molecule has 0 fully saturated rings. The summed E-state index contributed by atoms with van der Waals surface area (Å²) in [6, 6.07) is 4.35. The molecule has 0 aliphatic heterocycles. The first-order chi connectivity index (χ1) is 7.97. The van der Waals surface area contributed by atoms with Crippen molar-refractivity contribution in [2.45, 2.75) is 11.3 Å². The van der Waals surface area contributed by atoms with Gasteiger partial charge in [0.2, 0.25) is 10.0 Å². The predicted octanol–water partition coefficient (Wildman–Crippen LogP) is 1.88. The summed E-state index contributed by atoms with van der Waals surface area (Å²) in [5, 5.41) is 3.43. The lowest BCUT2D eigenvalue weighted by atomic mass is 10.4. The summed E-state index contributed by atoms with van der Waals surface area (Å²) in [4.78, 5) is 0.0103. The highest BCUT2D eigenvalue weighted by Crippen LogP contribution is 2.24. The zero-order valence-electron chi connectivity index (χ0n) is 9.33. The van der Waals surface area contributed by atoms with Crippen molar-refractivity contribution in [2.75, 3.05) is 20.1 Å². The Hall–Kier alpha value is -0.330. The number of benzene rings is 1. The Balaban J connectivity index is 2.79. The lowest BCUT2D eigenvalue weighted by Crippen LogP contribution is -2.27. The van der Waals surface area contributed by atoms with Crippen molar-refractivity contribution in [1.29, 1.82) is 0 Å². The van der Waals surface area contributed by atoms with E-state index in [4.69, 9.17) is 23.2 Å². The van der Waals surface area contributed by atoms with Crippen molar-refractivity contribution in [2.24, 2.45) is 0 Å². The number of hydrogen-bond donors (Lipinski definition) is 2. The molecule has 0 saturated heterocycles. The molecular formula is C10H14Cl2N2O2S. The van der Waals surface area contributed by atoms with Crippen LogP contribution in [-0.2, 0) is 10.0 Å². The van der Waals surface area contributed by atoms with Crippen molar-refractivity contribution in [1.82, 2.24) is 10.0 Å². The third-order valence-corrected chi connectivity index (χ3v) is 4.26. The van der Waals surface area contributed by atoms with Gasteiger partial charge in [0, 0.05) is 11.6 Å². The second-order valence-corrected chi connectivity index (χ2v) is 6.01. The quantitative estimate of drug-likeness (QED) is 0.788. The van der Waals surface area contributed by atoms with E-state index in [2.05, 4.69) is 10.0 Å². The fourth-order valence-electron chi connectivity index (χ4n) is 1.23. The van der Waals surface area contributed by atoms with E-state index in [0.717, 1.165) is 6.54 Å². The zero-order chi connectivity index (χ0) is 12.9. The molecule has 1 aromatic carbocycles. The van der Waals surface area contributed by atoms with Gasteiger partial charge in [0.15, 0.2) is 0 Å². The molecule has 17 heavy (non-hydrogen) atoms. The summed E-state index contributed by atoms with van der Waals surface area (Å²) < 4.78 is 26.3. The average Bonchev–Trinajstić information content (AvgIpc) is 2.28. The van der Waals surface area contributed by atoms with E-state index in [1.165, 1.54) is 12.1 Å². The van der Waals surface area contributed by atoms with E-state index in [9.17, 15) is 8.42 Å². The lowest BCUT2D eigenvalue weighted by molar-refractivity contribution is 0.577. The van der Waals surface area contributed by atoms with Crippen molar-refractivity contribution in [3.05, 3.63) is 28.2 Å². The van der Waals surface area contributed by atoms with Gasteiger partial charge in [0.1, 0.15) is 4.90 Å². The van der Waals surface area contributed by atoms with Crippen molar-refractivity contribution < 1.29 is 8.42 Å². The zero-order valence-corrected chi connectivity index (χ0v) is 11.7. The van der Waals surface area contributed by atoms with Gasteiger partial charge in [-0.25, -0.2) is 13.1 Å². The van der Waals surface area contributed by atoms with Crippen LogP contribution < -0.4 is 10.0 Å². The Morgan fingerprint density at radius 3 is 2.59 bits per heavy atom. The first-order valence-electron chi connectivity index (χ1n) is 5.06. The fraction of sp³-hybridized carbons (Fsp3) is 0.400. The highest BCUT2D eigenvalue weighted by atomic mass is 35.5. The second kappa shape index (κ2) is 6.56. The number of sulfonamides is 1. The van der Waals surface area contributed by atoms with Crippen LogP contribution in [0.3, 0.4) is 0 Å². The molecule has 1 aromatic rings. The van der Waals surface area contributed by atoms with Gasteiger partial charge in [-0.2, -0.15) is 0 Å². The monoisotopic (exact) mass is 296 g/mol. The molecule has 0 atom stereocenters. The minimum absolute atomic E-state index is 0.0103. The number of hydrogen-bond acceptors (Lipinski definition) is 3. The van der Waals surface area contributed by atoms with Crippen LogP contribution in [0.25, 0.3) is 0 Å². The maximum atomic E-state index is 11.9. The SMILES string of the molecule is CNCCCNS(=O)(=O)c1cc(Cl)ccc1Cl. The van der Waals surface area contributed by atoms with Crippen LogP contribution in [0, 0.1) is 0 Å². The number of nitrogens with one attached hydrogen (secondary N) is 2. The highest BCUT2D eigenvalue weighted by molar-refractivity contribution is 7.89. The molecule has 0 saturated carbocycles. The summed E-state index contributed by atoms with van der Waals surface area (Å²) >= 11 is 11.6. The predicted molar refractivity (Wildman–Crippen MR) is 70.2 cm³/mol. The minimum atomic E-state index is -3.59. The van der Waals surface area contributed by atoms with Crippen LogP contribution in [0.2, 0.25) is 10.0 Å². The van der Waals surface area contributed by atoms with Gasteiger partial charge in [-0.3, -0.25) is 0 Å². The molecule has 7 heteroatoms. The van der Waals surface area contributed by atoms with E-state index in [1.54, 1.807) is 6.07 Å². The fourth-order valence-corrected chi connectivity index (χ4v) is 3.07. The molecule has 96 valence electrons. The lowest BCUT2D eigenvalue weighted by Gasteiger charge is -2.08. The molecule has 0 radical (unpaired) electrons.